The van der Waals surface area contributed by atoms with Crippen molar-refractivity contribution in [2.75, 3.05) is 12.3 Å². The van der Waals surface area contributed by atoms with Gasteiger partial charge in [0.15, 0.2) is 5.16 Å². The van der Waals surface area contributed by atoms with E-state index in [-0.39, 0.29) is 22.6 Å². The van der Waals surface area contributed by atoms with Crippen LogP contribution in [0.5, 0.6) is 0 Å². The molecule has 0 saturated heterocycles. The second-order valence-corrected chi connectivity index (χ2v) is 7.45. The van der Waals surface area contributed by atoms with Crippen LogP contribution in [0.4, 0.5) is 17.6 Å². The first-order chi connectivity index (χ1) is 14.3. The van der Waals surface area contributed by atoms with E-state index in [4.69, 9.17) is 0 Å². The van der Waals surface area contributed by atoms with Crippen LogP contribution in [0.15, 0.2) is 66.0 Å². The zero-order chi connectivity index (χ0) is 21.6. The minimum Gasteiger partial charge on any atom is -0.355 e. The van der Waals surface area contributed by atoms with Gasteiger partial charge in [0, 0.05) is 6.54 Å². The molecule has 3 aromatic rings. The van der Waals surface area contributed by atoms with Gasteiger partial charge in [-0.05, 0) is 29.7 Å². The second kappa shape index (κ2) is 9.80. The van der Waals surface area contributed by atoms with E-state index in [9.17, 15) is 22.4 Å². The minimum absolute atomic E-state index is 0.0630. The summed E-state index contributed by atoms with van der Waals surface area (Å²) in [6.07, 6.45) is -2.51. The van der Waals surface area contributed by atoms with E-state index in [0.29, 0.717) is 24.2 Å². The molecule has 1 heterocycles. The van der Waals surface area contributed by atoms with Crippen molar-refractivity contribution in [2.45, 2.75) is 24.3 Å². The summed E-state index contributed by atoms with van der Waals surface area (Å²) in [5.74, 6) is -0.708. The van der Waals surface area contributed by atoms with Crippen molar-refractivity contribution >= 4 is 17.7 Å². The minimum atomic E-state index is -4.42. The third-order valence-electron chi connectivity index (χ3n) is 4.21. The Morgan fingerprint density at radius 3 is 2.43 bits per heavy atom. The van der Waals surface area contributed by atoms with Gasteiger partial charge in [0.1, 0.15) is 12.4 Å². The number of carbonyl (C=O) groups excluding carboxylic acids is 1. The first kappa shape index (κ1) is 21.9. The van der Waals surface area contributed by atoms with Gasteiger partial charge in [0.25, 0.3) is 0 Å². The predicted molar refractivity (Wildman–Crippen MR) is 108 cm³/mol. The molecule has 3 rings (SSSR count). The van der Waals surface area contributed by atoms with E-state index in [0.717, 1.165) is 21.9 Å². The quantitative estimate of drug-likeness (QED) is 0.410. The number of halogens is 4. The van der Waals surface area contributed by atoms with E-state index in [1.165, 1.54) is 18.3 Å². The van der Waals surface area contributed by atoms with E-state index in [1.54, 1.807) is 42.5 Å². The van der Waals surface area contributed by atoms with Crippen LogP contribution < -0.4 is 5.32 Å². The number of carbonyl (C=O) groups is 1. The lowest BCUT2D eigenvalue weighted by atomic mass is 10.1. The molecule has 158 valence electrons. The molecule has 1 N–H and O–H groups in total. The fourth-order valence-electron chi connectivity index (χ4n) is 2.82. The monoisotopic (exact) mass is 437 g/mol. The van der Waals surface area contributed by atoms with E-state index < -0.39 is 12.7 Å². The normalized spacial score (nSPS) is 11.5. The number of aromatic nitrogens is 2. The van der Waals surface area contributed by atoms with Gasteiger partial charge in [-0.25, -0.2) is 9.37 Å². The summed E-state index contributed by atoms with van der Waals surface area (Å²) < 4.78 is 53.2. The zero-order valence-electron chi connectivity index (χ0n) is 15.8. The van der Waals surface area contributed by atoms with Gasteiger partial charge in [-0.1, -0.05) is 54.2 Å². The first-order valence-corrected chi connectivity index (χ1v) is 10.1. The molecule has 0 radical (unpaired) electrons. The lowest BCUT2D eigenvalue weighted by molar-refractivity contribution is -0.141. The zero-order valence-corrected chi connectivity index (χ0v) is 16.6. The molecule has 30 heavy (non-hydrogen) atoms. The highest BCUT2D eigenvalue weighted by atomic mass is 32.2. The van der Waals surface area contributed by atoms with Crippen LogP contribution in [0.25, 0.3) is 11.3 Å². The molecular weight excluding hydrogens is 418 g/mol. The van der Waals surface area contributed by atoms with Crippen molar-refractivity contribution < 1.29 is 22.4 Å². The number of imidazole rings is 1. The molecule has 1 aromatic heterocycles. The van der Waals surface area contributed by atoms with Crippen LogP contribution in [-0.2, 0) is 17.8 Å². The van der Waals surface area contributed by atoms with E-state index >= 15 is 0 Å². The van der Waals surface area contributed by atoms with Gasteiger partial charge in [0.05, 0.1) is 17.6 Å². The Hall–Kier alpha value is -2.81. The molecule has 0 atom stereocenters. The third-order valence-corrected chi connectivity index (χ3v) is 5.20. The van der Waals surface area contributed by atoms with E-state index in [1.807, 2.05) is 0 Å². The Morgan fingerprint density at radius 2 is 1.77 bits per heavy atom. The number of thioether (sulfide) groups is 1. The van der Waals surface area contributed by atoms with Crippen LogP contribution in [-0.4, -0.2) is 33.9 Å². The average molecular weight is 437 g/mol. The highest BCUT2D eigenvalue weighted by molar-refractivity contribution is 7.99. The molecule has 0 aliphatic rings. The number of rotatable bonds is 8. The number of alkyl halides is 3. The summed E-state index contributed by atoms with van der Waals surface area (Å²) in [5.41, 5.74) is 1.83. The summed E-state index contributed by atoms with van der Waals surface area (Å²) in [6, 6.07) is 14.6. The molecule has 2 aromatic carbocycles. The molecule has 4 nitrogen and oxygen atoms in total. The maximum atomic E-state index is 13.1. The van der Waals surface area contributed by atoms with Crippen LogP contribution in [0, 0.1) is 5.82 Å². The lowest BCUT2D eigenvalue weighted by Gasteiger charge is -2.14. The number of benzene rings is 2. The fourth-order valence-corrected chi connectivity index (χ4v) is 3.63. The molecular formula is C21H19F4N3OS. The first-order valence-electron chi connectivity index (χ1n) is 9.13. The highest BCUT2D eigenvalue weighted by Crippen LogP contribution is 2.29. The molecule has 0 bridgehead atoms. The standard InChI is InChI=1S/C21H19F4N3OS/c22-17-8-6-15(7-9-17)10-11-26-19(29)13-30-20-27-12-18(16-4-2-1-3-5-16)28(20)14-21(23,24)25/h1-9,12H,10-11,13-14H2,(H,26,29). The average Bonchev–Trinajstić information content (AvgIpc) is 3.09. The van der Waals surface area contributed by atoms with Crippen LogP contribution in [0.3, 0.4) is 0 Å². The topological polar surface area (TPSA) is 46.9 Å². The number of nitrogens with one attached hydrogen (secondary N) is 1. The smallest absolute Gasteiger partial charge is 0.355 e. The summed E-state index contributed by atoms with van der Waals surface area (Å²) in [6.45, 7) is -0.844. The molecule has 0 unspecified atom stereocenters. The summed E-state index contributed by atoms with van der Waals surface area (Å²) in [4.78, 5) is 16.2. The fraction of sp³-hybridized carbons (Fsp3) is 0.238. The largest absolute Gasteiger partial charge is 0.406 e. The van der Waals surface area contributed by atoms with Crippen LogP contribution >= 0.6 is 11.8 Å². The van der Waals surface area contributed by atoms with Crippen LogP contribution in [0.1, 0.15) is 5.56 Å². The molecule has 0 fully saturated rings. The van der Waals surface area contributed by atoms with Gasteiger partial charge in [-0.2, -0.15) is 13.2 Å². The molecule has 0 aliphatic carbocycles. The Kier molecular flexibility index (Phi) is 7.15. The Morgan fingerprint density at radius 1 is 1.07 bits per heavy atom. The number of amides is 1. The second-order valence-electron chi connectivity index (χ2n) is 6.51. The Labute approximate surface area is 175 Å². The highest BCUT2D eigenvalue weighted by Gasteiger charge is 2.31. The van der Waals surface area contributed by atoms with Crippen molar-refractivity contribution in [1.29, 1.82) is 0 Å². The van der Waals surface area contributed by atoms with Gasteiger partial charge in [0.2, 0.25) is 5.91 Å². The summed E-state index contributed by atoms with van der Waals surface area (Å²) in [5, 5.41) is 2.83. The van der Waals surface area contributed by atoms with Gasteiger partial charge in [-0.3, -0.25) is 4.79 Å². The SMILES string of the molecule is O=C(CSc1ncc(-c2ccccc2)n1CC(F)(F)F)NCCc1ccc(F)cc1. The predicted octanol–water partition coefficient (Wildman–Crippen LogP) is 4.70. The summed E-state index contributed by atoms with van der Waals surface area (Å²) in [7, 11) is 0. The molecule has 9 heteroatoms. The lowest BCUT2D eigenvalue weighted by Crippen LogP contribution is -2.27. The number of hydrogen-bond donors (Lipinski definition) is 1. The molecule has 0 aliphatic heterocycles. The van der Waals surface area contributed by atoms with Crippen molar-refractivity contribution in [3.63, 3.8) is 0 Å². The Balaban J connectivity index is 1.60. The van der Waals surface area contributed by atoms with Crippen molar-refractivity contribution in [1.82, 2.24) is 14.9 Å². The third kappa shape index (κ3) is 6.35. The maximum Gasteiger partial charge on any atom is 0.406 e. The molecule has 1 amide bonds. The summed E-state index contributed by atoms with van der Waals surface area (Å²) >= 11 is 0.950. The van der Waals surface area contributed by atoms with E-state index in [2.05, 4.69) is 10.3 Å². The van der Waals surface area contributed by atoms with Crippen molar-refractivity contribution in [3.05, 3.63) is 72.2 Å². The number of nitrogens with zero attached hydrogens (tertiary/aromatic N) is 2. The van der Waals surface area contributed by atoms with Gasteiger partial charge >= 0.3 is 6.18 Å². The van der Waals surface area contributed by atoms with Crippen molar-refractivity contribution in [3.8, 4) is 11.3 Å². The Bertz CT molecular complexity index is 972. The van der Waals surface area contributed by atoms with Gasteiger partial charge < -0.3 is 9.88 Å². The van der Waals surface area contributed by atoms with Gasteiger partial charge in [-0.15, -0.1) is 0 Å². The van der Waals surface area contributed by atoms with Crippen molar-refractivity contribution in [2.24, 2.45) is 0 Å². The maximum absolute atomic E-state index is 13.1. The molecule has 0 spiro atoms. The van der Waals surface area contributed by atoms with Crippen LogP contribution in [0.2, 0.25) is 0 Å². The number of hydrogen-bond acceptors (Lipinski definition) is 3. The molecule has 0 saturated carbocycles.